The van der Waals surface area contributed by atoms with Crippen molar-refractivity contribution >= 4 is 5.78 Å². The molecule has 0 saturated carbocycles. The summed E-state index contributed by atoms with van der Waals surface area (Å²) in [4.78, 5) is 11.9. The molecule has 0 spiro atoms. The average molecular weight is 271 g/mol. The first kappa shape index (κ1) is 14.1. The molecule has 0 aromatic heterocycles. The van der Waals surface area contributed by atoms with Gasteiger partial charge in [-0.2, -0.15) is 0 Å². The van der Waals surface area contributed by atoms with Gasteiger partial charge < -0.3 is 15.5 Å². The minimum absolute atomic E-state index is 0.117. The van der Waals surface area contributed by atoms with Crippen LogP contribution in [-0.2, 0) is 6.42 Å². The van der Waals surface area contributed by atoms with E-state index >= 15 is 0 Å². The second kappa shape index (κ2) is 6.73. The molecule has 0 radical (unpaired) electrons. The summed E-state index contributed by atoms with van der Waals surface area (Å²) < 4.78 is 0. The highest BCUT2D eigenvalue weighted by Crippen LogP contribution is 2.24. The molecule has 0 aliphatic carbocycles. The van der Waals surface area contributed by atoms with Crippen LogP contribution in [0.4, 0.5) is 0 Å². The molecular weight excluding hydrogens is 254 g/mol. The van der Waals surface area contributed by atoms with E-state index in [4.69, 9.17) is 0 Å². The zero-order valence-electron chi connectivity index (χ0n) is 11.0. The van der Waals surface area contributed by atoms with Crippen LogP contribution in [-0.4, -0.2) is 29.1 Å². The van der Waals surface area contributed by atoms with Crippen molar-refractivity contribution < 1.29 is 15.0 Å². The van der Waals surface area contributed by atoms with Crippen LogP contribution in [0.1, 0.15) is 15.9 Å². The van der Waals surface area contributed by atoms with Crippen molar-refractivity contribution in [1.29, 1.82) is 0 Å². The Morgan fingerprint density at radius 2 is 1.75 bits per heavy atom. The van der Waals surface area contributed by atoms with E-state index in [1.165, 1.54) is 23.8 Å². The van der Waals surface area contributed by atoms with Crippen molar-refractivity contribution in [2.24, 2.45) is 0 Å². The van der Waals surface area contributed by atoms with E-state index in [-0.39, 0.29) is 23.8 Å². The predicted octanol–water partition coefficient (Wildman–Crippen LogP) is 2.11. The normalized spacial score (nSPS) is 10.4. The molecule has 0 amide bonds. The first-order chi connectivity index (χ1) is 9.66. The summed E-state index contributed by atoms with van der Waals surface area (Å²) in [7, 11) is 0. The third-order valence-corrected chi connectivity index (χ3v) is 3.02. The van der Waals surface area contributed by atoms with Crippen molar-refractivity contribution in [2.45, 2.75) is 6.42 Å². The molecule has 0 aliphatic rings. The summed E-state index contributed by atoms with van der Waals surface area (Å²) in [6.45, 7) is 0.914. The van der Waals surface area contributed by atoms with Gasteiger partial charge in [0.2, 0.25) is 0 Å². The zero-order chi connectivity index (χ0) is 14.4. The number of rotatable bonds is 6. The summed E-state index contributed by atoms with van der Waals surface area (Å²) in [5.74, 6) is -0.618. The lowest BCUT2D eigenvalue weighted by atomic mass is 10.1. The molecule has 0 fully saturated rings. The Kier molecular flexibility index (Phi) is 4.74. The molecule has 0 atom stereocenters. The van der Waals surface area contributed by atoms with Crippen molar-refractivity contribution in [3.8, 4) is 11.5 Å². The number of nitrogens with one attached hydrogen (secondary N) is 1. The van der Waals surface area contributed by atoms with Gasteiger partial charge in [0.25, 0.3) is 0 Å². The van der Waals surface area contributed by atoms with Crippen LogP contribution in [0.25, 0.3) is 0 Å². The third-order valence-electron chi connectivity index (χ3n) is 3.02. The van der Waals surface area contributed by atoms with Gasteiger partial charge >= 0.3 is 0 Å². The van der Waals surface area contributed by atoms with E-state index in [2.05, 4.69) is 5.32 Å². The highest BCUT2D eigenvalue weighted by Gasteiger charge is 2.08. The number of aromatic hydroxyl groups is 2. The number of phenolic OH excluding ortho intramolecular Hbond substituents is 2. The topological polar surface area (TPSA) is 69.6 Å². The third kappa shape index (κ3) is 3.83. The smallest absolute Gasteiger partial charge is 0.176 e. The van der Waals surface area contributed by atoms with Gasteiger partial charge in [0.1, 0.15) is 0 Å². The van der Waals surface area contributed by atoms with Crippen LogP contribution in [0.2, 0.25) is 0 Å². The summed E-state index contributed by atoms with van der Waals surface area (Å²) in [6.07, 6.45) is 0.856. The van der Waals surface area contributed by atoms with Gasteiger partial charge in [-0.05, 0) is 36.7 Å². The molecule has 0 saturated heterocycles. The lowest BCUT2D eigenvalue weighted by Gasteiger charge is -2.05. The first-order valence-electron chi connectivity index (χ1n) is 6.46. The van der Waals surface area contributed by atoms with Crippen LogP contribution in [0.5, 0.6) is 11.5 Å². The summed E-state index contributed by atoms with van der Waals surface area (Å²) in [6, 6.07) is 14.1. The standard InChI is InChI=1S/C16H17NO3/c18-14-7-6-13(10-15(14)19)16(20)11-17-9-8-12-4-2-1-3-5-12/h1-7,10,17-19H,8-9,11H2. The molecule has 3 N–H and O–H groups in total. The van der Waals surface area contributed by atoms with Gasteiger partial charge in [0.05, 0.1) is 6.54 Å². The molecular formula is C16H17NO3. The molecule has 0 heterocycles. The lowest BCUT2D eigenvalue weighted by Crippen LogP contribution is -2.25. The largest absolute Gasteiger partial charge is 0.504 e. The fourth-order valence-electron chi connectivity index (χ4n) is 1.88. The van der Waals surface area contributed by atoms with E-state index in [0.717, 1.165) is 6.42 Å². The summed E-state index contributed by atoms with van der Waals surface area (Å²) in [5, 5.41) is 21.6. The van der Waals surface area contributed by atoms with E-state index in [1.54, 1.807) is 0 Å². The van der Waals surface area contributed by atoms with E-state index in [0.29, 0.717) is 12.1 Å². The molecule has 20 heavy (non-hydrogen) atoms. The van der Waals surface area contributed by atoms with Gasteiger partial charge in [0.15, 0.2) is 17.3 Å². The van der Waals surface area contributed by atoms with Crippen LogP contribution in [0.3, 0.4) is 0 Å². The molecule has 2 rings (SSSR count). The number of phenols is 2. The molecule has 0 bridgehead atoms. The van der Waals surface area contributed by atoms with Gasteiger partial charge in [-0.3, -0.25) is 4.79 Å². The fourth-order valence-corrected chi connectivity index (χ4v) is 1.88. The maximum atomic E-state index is 11.9. The Labute approximate surface area is 117 Å². The fraction of sp³-hybridized carbons (Fsp3) is 0.188. The first-order valence-corrected chi connectivity index (χ1v) is 6.46. The van der Waals surface area contributed by atoms with E-state index in [1.807, 2.05) is 30.3 Å². The number of hydrogen-bond donors (Lipinski definition) is 3. The van der Waals surface area contributed by atoms with Gasteiger partial charge in [0, 0.05) is 5.56 Å². The van der Waals surface area contributed by atoms with E-state index in [9.17, 15) is 15.0 Å². The monoisotopic (exact) mass is 271 g/mol. The Morgan fingerprint density at radius 3 is 2.45 bits per heavy atom. The predicted molar refractivity (Wildman–Crippen MR) is 77.1 cm³/mol. The average Bonchev–Trinajstić information content (AvgIpc) is 2.47. The van der Waals surface area contributed by atoms with Gasteiger partial charge in [-0.25, -0.2) is 0 Å². The number of Topliss-reactive ketones (excluding diaryl/α,β-unsaturated/α-hetero) is 1. The van der Waals surface area contributed by atoms with Gasteiger partial charge in [-0.1, -0.05) is 30.3 Å². The maximum absolute atomic E-state index is 11.9. The summed E-state index contributed by atoms with van der Waals surface area (Å²) >= 11 is 0. The lowest BCUT2D eigenvalue weighted by molar-refractivity contribution is 0.0991. The highest BCUT2D eigenvalue weighted by molar-refractivity contribution is 5.98. The van der Waals surface area contributed by atoms with Crippen LogP contribution in [0, 0.1) is 0 Å². The maximum Gasteiger partial charge on any atom is 0.176 e. The van der Waals surface area contributed by atoms with Crippen LogP contribution < -0.4 is 5.32 Å². The van der Waals surface area contributed by atoms with Crippen molar-refractivity contribution in [2.75, 3.05) is 13.1 Å². The molecule has 4 heteroatoms. The number of carbonyl (C=O) groups excluding carboxylic acids is 1. The van der Waals surface area contributed by atoms with Crippen LogP contribution >= 0.6 is 0 Å². The molecule has 104 valence electrons. The SMILES string of the molecule is O=C(CNCCc1ccccc1)c1ccc(O)c(O)c1. The molecule has 4 nitrogen and oxygen atoms in total. The zero-order valence-corrected chi connectivity index (χ0v) is 11.0. The van der Waals surface area contributed by atoms with Crippen molar-refractivity contribution in [3.05, 3.63) is 59.7 Å². The van der Waals surface area contributed by atoms with Crippen molar-refractivity contribution in [3.63, 3.8) is 0 Å². The van der Waals surface area contributed by atoms with E-state index < -0.39 is 0 Å². The Morgan fingerprint density at radius 1 is 1.00 bits per heavy atom. The molecule has 0 aliphatic heterocycles. The molecule has 2 aromatic rings. The Bertz CT molecular complexity index is 582. The second-order valence-electron chi connectivity index (χ2n) is 4.54. The highest BCUT2D eigenvalue weighted by atomic mass is 16.3. The second-order valence-corrected chi connectivity index (χ2v) is 4.54. The van der Waals surface area contributed by atoms with Crippen LogP contribution in [0.15, 0.2) is 48.5 Å². The Hall–Kier alpha value is -2.33. The minimum atomic E-state index is -0.278. The quantitative estimate of drug-likeness (QED) is 0.427. The Balaban J connectivity index is 1.79. The molecule has 0 unspecified atom stereocenters. The molecule has 2 aromatic carbocycles. The van der Waals surface area contributed by atoms with Crippen molar-refractivity contribution in [1.82, 2.24) is 5.32 Å². The summed E-state index contributed by atoms with van der Waals surface area (Å²) in [5.41, 5.74) is 1.60. The number of ketones is 1. The number of carbonyl (C=O) groups is 1. The van der Waals surface area contributed by atoms with Gasteiger partial charge in [-0.15, -0.1) is 0 Å². The minimum Gasteiger partial charge on any atom is -0.504 e. The number of hydrogen-bond acceptors (Lipinski definition) is 4. The number of benzene rings is 2.